The van der Waals surface area contributed by atoms with E-state index >= 15 is 0 Å². The Kier molecular flexibility index (Phi) is 5.43. The highest BCUT2D eigenvalue weighted by Gasteiger charge is 2.52. The lowest BCUT2D eigenvalue weighted by Crippen LogP contribution is -2.50. The Morgan fingerprint density at radius 2 is 1.80 bits per heavy atom. The van der Waals surface area contributed by atoms with Gasteiger partial charge in [-0.3, -0.25) is 4.79 Å². The van der Waals surface area contributed by atoms with Crippen molar-refractivity contribution >= 4 is 16.0 Å². The lowest BCUT2D eigenvalue weighted by Gasteiger charge is -2.35. The Hall–Kier alpha value is -1.68. The minimum Gasteiger partial charge on any atom is -0.480 e. The van der Waals surface area contributed by atoms with E-state index in [1.54, 1.807) is 0 Å². The molecule has 10 heteroatoms. The number of alkyl halides is 3. The maximum atomic E-state index is 13.7. The first-order valence-corrected chi connectivity index (χ1v) is 9.10. The zero-order valence-electron chi connectivity index (χ0n) is 13.2. The number of aliphatic carboxylic acids is 1. The van der Waals surface area contributed by atoms with E-state index in [-0.39, 0.29) is 10.2 Å². The van der Waals surface area contributed by atoms with Gasteiger partial charge in [0.25, 0.3) is 0 Å². The summed E-state index contributed by atoms with van der Waals surface area (Å²) in [6.07, 6.45) is -3.93. The summed E-state index contributed by atoms with van der Waals surface area (Å²) in [6, 6.07) is -1.48. The zero-order valence-corrected chi connectivity index (χ0v) is 14.0. The fourth-order valence-electron chi connectivity index (χ4n) is 2.53. The van der Waals surface area contributed by atoms with Gasteiger partial charge in [-0.15, -0.1) is 0 Å². The second-order valence-electron chi connectivity index (χ2n) is 6.06. The molecule has 1 fully saturated rings. The summed E-state index contributed by atoms with van der Waals surface area (Å²) in [7, 11) is -4.51. The van der Waals surface area contributed by atoms with Crippen LogP contribution in [0.25, 0.3) is 0 Å². The molecule has 5 nitrogen and oxygen atoms in total. The SMILES string of the molecule is CC(C(=O)O)N(C(c1ccc(F)cc1)C(F)(F)F)S(=O)(=O)CC1CC1. The van der Waals surface area contributed by atoms with Crippen molar-refractivity contribution in [1.29, 1.82) is 0 Å². The van der Waals surface area contributed by atoms with Crippen molar-refractivity contribution in [1.82, 2.24) is 4.31 Å². The predicted octanol–water partition coefficient (Wildman–Crippen LogP) is 2.94. The van der Waals surface area contributed by atoms with Crippen molar-refractivity contribution in [3.05, 3.63) is 35.6 Å². The molecule has 0 saturated heterocycles. The molecule has 0 amide bonds. The fourth-order valence-corrected chi connectivity index (χ4v) is 4.76. The summed E-state index contributed by atoms with van der Waals surface area (Å²) in [5.41, 5.74) is -0.540. The maximum absolute atomic E-state index is 13.7. The van der Waals surface area contributed by atoms with Crippen LogP contribution in [0.2, 0.25) is 0 Å². The van der Waals surface area contributed by atoms with Crippen LogP contribution < -0.4 is 0 Å². The highest BCUT2D eigenvalue weighted by atomic mass is 32.2. The minimum absolute atomic E-state index is 0.0130. The van der Waals surface area contributed by atoms with E-state index in [9.17, 15) is 30.8 Å². The molecule has 0 aromatic heterocycles. The minimum atomic E-state index is -5.07. The van der Waals surface area contributed by atoms with E-state index < -0.39 is 51.4 Å². The largest absolute Gasteiger partial charge is 0.480 e. The van der Waals surface area contributed by atoms with E-state index in [2.05, 4.69) is 0 Å². The Balaban J connectivity index is 2.56. The van der Waals surface area contributed by atoms with Crippen LogP contribution in [0.15, 0.2) is 24.3 Å². The summed E-state index contributed by atoms with van der Waals surface area (Å²) in [5, 5.41) is 9.14. The normalized spacial score (nSPS) is 18.2. The van der Waals surface area contributed by atoms with Gasteiger partial charge < -0.3 is 5.11 Å². The Bertz CT molecular complexity index is 729. The number of carbonyl (C=O) groups is 1. The highest BCUT2D eigenvalue weighted by molar-refractivity contribution is 7.89. The second-order valence-corrected chi connectivity index (χ2v) is 7.98. The first-order valence-electron chi connectivity index (χ1n) is 7.49. The fraction of sp³-hybridized carbons (Fsp3) is 0.533. The number of rotatable bonds is 7. The molecule has 1 N–H and O–H groups in total. The third-order valence-electron chi connectivity index (χ3n) is 3.95. The molecule has 25 heavy (non-hydrogen) atoms. The van der Waals surface area contributed by atoms with Crippen LogP contribution in [0.3, 0.4) is 0 Å². The van der Waals surface area contributed by atoms with Gasteiger partial charge in [0.2, 0.25) is 10.0 Å². The maximum Gasteiger partial charge on any atom is 0.409 e. The van der Waals surface area contributed by atoms with Gasteiger partial charge >= 0.3 is 12.1 Å². The van der Waals surface area contributed by atoms with Crippen molar-refractivity contribution in [2.45, 2.75) is 38.0 Å². The van der Waals surface area contributed by atoms with E-state index in [4.69, 9.17) is 5.11 Å². The molecule has 1 aromatic rings. The molecule has 0 spiro atoms. The van der Waals surface area contributed by atoms with E-state index in [1.807, 2.05) is 0 Å². The topological polar surface area (TPSA) is 74.7 Å². The van der Waals surface area contributed by atoms with E-state index in [0.29, 0.717) is 12.8 Å². The number of halogens is 4. The van der Waals surface area contributed by atoms with Gasteiger partial charge in [-0.25, -0.2) is 12.8 Å². The molecule has 0 aliphatic heterocycles. The van der Waals surface area contributed by atoms with Crippen molar-refractivity contribution in [3.8, 4) is 0 Å². The van der Waals surface area contributed by atoms with E-state index in [0.717, 1.165) is 31.2 Å². The third kappa shape index (κ3) is 4.69. The predicted molar refractivity (Wildman–Crippen MR) is 80.6 cm³/mol. The molecule has 2 atom stereocenters. The van der Waals surface area contributed by atoms with Gasteiger partial charge in [0.1, 0.15) is 17.9 Å². The summed E-state index contributed by atoms with van der Waals surface area (Å²) >= 11 is 0. The van der Waals surface area contributed by atoms with Crippen LogP contribution >= 0.6 is 0 Å². The van der Waals surface area contributed by atoms with Crippen molar-refractivity contribution in [3.63, 3.8) is 0 Å². The van der Waals surface area contributed by atoms with Gasteiger partial charge in [-0.2, -0.15) is 17.5 Å². The second kappa shape index (κ2) is 6.91. The van der Waals surface area contributed by atoms with Crippen LogP contribution in [-0.4, -0.2) is 41.8 Å². The quantitative estimate of drug-likeness (QED) is 0.735. The van der Waals surface area contributed by atoms with Crippen molar-refractivity contribution in [2.75, 3.05) is 5.75 Å². The Labute approximate surface area is 142 Å². The van der Waals surface area contributed by atoms with Crippen LogP contribution in [0.4, 0.5) is 17.6 Å². The lowest BCUT2D eigenvalue weighted by atomic mass is 10.1. The molecular weight excluding hydrogens is 366 g/mol. The number of carboxylic acids is 1. The Morgan fingerprint density at radius 1 is 1.28 bits per heavy atom. The van der Waals surface area contributed by atoms with Crippen molar-refractivity contribution in [2.24, 2.45) is 5.92 Å². The first kappa shape index (κ1) is 19.6. The summed E-state index contributed by atoms with van der Waals surface area (Å²) in [6.45, 7) is 0.884. The summed E-state index contributed by atoms with van der Waals surface area (Å²) in [5.74, 6) is -3.30. The molecule has 0 bridgehead atoms. The van der Waals surface area contributed by atoms with Crippen LogP contribution in [-0.2, 0) is 14.8 Å². The molecule has 0 heterocycles. The number of carboxylic acid groups (broad SMARTS) is 1. The third-order valence-corrected chi connectivity index (χ3v) is 6.02. The molecule has 0 radical (unpaired) electrons. The molecule has 2 unspecified atom stereocenters. The summed E-state index contributed by atoms with van der Waals surface area (Å²) in [4.78, 5) is 11.3. The molecule has 1 aliphatic rings. The number of benzene rings is 1. The smallest absolute Gasteiger partial charge is 0.409 e. The zero-order chi connectivity index (χ0) is 19.0. The van der Waals surface area contributed by atoms with Crippen molar-refractivity contribution < 1.29 is 35.9 Å². The van der Waals surface area contributed by atoms with Gasteiger partial charge in [-0.1, -0.05) is 12.1 Å². The van der Waals surface area contributed by atoms with Crippen LogP contribution in [0.1, 0.15) is 31.4 Å². The molecule has 1 saturated carbocycles. The monoisotopic (exact) mass is 383 g/mol. The molecule has 1 aromatic carbocycles. The molecule has 140 valence electrons. The standard InChI is InChI=1S/C15H17F4NO4S/c1-9(14(21)22)20(25(23,24)8-10-2-3-10)13(15(17,18)19)11-4-6-12(16)7-5-11/h4-7,9-10,13H,2-3,8H2,1H3,(H,21,22). The average molecular weight is 383 g/mol. The number of nitrogens with zero attached hydrogens (tertiary/aromatic N) is 1. The van der Waals surface area contributed by atoms with Gasteiger partial charge in [0, 0.05) is 0 Å². The van der Waals surface area contributed by atoms with Crippen LogP contribution in [0.5, 0.6) is 0 Å². The molecular formula is C15H17F4NO4S. The van der Waals surface area contributed by atoms with Crippen LogP contribution in [0, 0.1) is 11.7 Å². The highest BCUT2D eigenvalue weighted by Crippen LogP contribution is 2.42. The first-order chi connectivity index (χ1) is 11.4. The lowest BCUT2D eigenvalue weighted by molar-refractivity contribution is -0.180. The molecule has 1 aliphatic carbocycles. The van der Waals surface area contributed by atoms with Gasteiger partial charge in [0.05, 0.1) is 5.75 Å². The average Bonchev–Trinajstić information content (AvgIpc) is 3.26. The number of sulfonamides is 1. The van der Waals surface area contributed by atoms with Gasteiger partial charge in [-0.05, 0) is 43.4 Å². The Morgan fingerprint density at radius 3 is 2.20 bits per heavy atom. The summed E-state index contributed by atoms with van der Waals surface area (Å²) < 4.78 is 79.1. The molecule has 2 rings (SSSR count). The number of hydrogen-bond donors (Lipinski definition) is 1. The van der Waals surface area contributed by atoms with E-state index in [1.165, 1.54) is 0 Å². The van der Waals surface area contributed by atoms with Gasteiger partial charge in [0.15, 0.2) is 0 Å². The number of hydrogen-bond acceptors (Lipinski definition) is 3.